The number of aliphatic carboxylic acids is 1. The van der Waals surface area contributed by atoms with Gasteiger partial charge in [0.15, 0.2) is 0 Å². The van der Waals surface area contributed by atoms with Gasteiger partial charge in [-0.25, -0.2) is 0 Å². The zero-order valence-corrected chi connectivity index (χ0v) is 14.0. The van der Waals surface area contributed by atoms with Gasteiger partial charge in [0.2, 0.25) is 0 Å². The van der Waals surface area contributed by atoms with Crippen LogP contribution in [0.25, 0.3) is 0 Å². The molecule has 0 aliphatic heterocycles. The smallest absolute Gasteiger partial charge is 0.306 e. The van der Waals surface area contributed by atoms with Gasteiger partial charge in [0.25, 0.3) is 0 Å². The monoisotopic (exact) mass is 294 g/mol. The molecule has 0 heterocycles. The van der Waals surface area contributed by atoms with E-state index in [4.69, 9.17) is 5.11 Å². The minimum atomic E-state index is -0.666. The fourth-order valence-electron chi connectivity index (χ4n) is 2.21. The number of hydrogen-bond donors (Lipinski definition) is 1. The van der Waals surface area contributed by atoms with E-state index in [-0.39, 0.29) is 5.92 Å². The normalized spacial score (nSPS) is 13.2. The summed E-state index contributed by atoms with van der Waals surface area (Å²) in [6, 6.07) is 0. The number of allylic oxidation sites excluding steroid dienone is 4. The highest BCUT2D eigenvalue weighted by molar-refractivity contribution is 5.69. The second-order valence-electron chi connectivity index (χ2n) is 5.91. The van der Waals surface area contributed by atoms with Crippen molar-refractivity contribution in [2.75, 3.05) is 0 Å². The summed E-state index contributed by atoms with van der Waals surface area (Å²) in [7, 11) is 0. The molecule has 1 unspecified atom stereocenters. The van der Waals surface area contributed by atoms with Gasteiger partial charge in [-0.3, -0.25) is 4.79 Å². The van der Waals surface area contributed by atoms with Gasteiger partial charge in [0, 0.05) is 0 Å². The van der Waals surface area contributed by atoms with E-state index in [1.807, 2.05) is 0 Å². The van der Waals surface area contributed by atoms with Crippen LogP contribution in [0.4, 0.5) is 0 Å². The first kappa shape index (κ1) is 19.9. The van der Waals surface area contributed by atoms with Crippen LogP contribution in [0, 0.1) is 5.92 Å². The molecule has 122 valence electrons. The van der Waals surface area contributed by atoms with Gasteiger partial charge in [0.05, 0.1) is 5.92 Å². The van der Waals surface area contributed by atoms with Crippen molar-refractivity contribution in [1.29, 1.82) is 0 Å². The van der Waals surface area contributed by atoms with Crippen molar-refractivity contribution < 1.29 is 9.90 Å². The lowest BCUT2D eigenvalue weighted by Crippen LogP contribution is -2.08. The van der Waals surface area contributed by atoms with Crippen LogP contribution in [0.2, 0.25) is 0 Å². The maximum absolute atomic E-state index is 10.6. The molecule has 0 rings (SSSR count). The van der Waals surface area contributed by atoms with Crippen LogP contribution in [0.3, 0.4) is 0 Å². The van der Waals surface area contributed by atoms with Crippen molar-refractivity contribution in [2.24, 2.45) is 5.92 Å². The van der Waals surface area contributed by atoms with E-state index in [9.17, 15) is 4.79 Å². The fraction of sp³-hybridized carbons (Fsp3) is 0.737. The van der Waals surface area contributed by atoms with E-state index >= 15 is 0 Å². The van der Waals surface area contributed by atoms with E-state index in [0.717, 1.165) is 32.1 Å². The van der Waals surface area contributed by atoms with Gasteiger partial charge in [-0.05, 0) is 38.5 Å². The molecule has 0 aromatic carbocycles. The van der Waals surface area contributed by atoms with Crippen molar-refractivity contribution in [1.82, 2.24) is 0 Å². The Labute approximate surface area is 131 Å². The number of carboxylic acid groups (broad SMARTS) is 1. The van der Waals surface area contributed by atoms with Crippen molar-refractivity contribution in [2.45, 2.75) is 84.5 Å². The Morgan fingerprint density at radius 3 is 2.05 bits per heavy atom. The second-order valence-corrected chi connectivity index (χ2v) is 5.91. The molecule has 0 bridgehead atoms. The summed E-state index contributed by atoms with van der Waals surface area (Å²) in [6.45, 7) is 4.03. The van der Waals surface area contributed by atoms with E-state index < -0.39 is 5.97 Å². The van der Waals surface area contributed by atoms with Crippen LogP contribution >= 0.6 is 0 Å². The zero-order valence-electron chi connectivity index (χ0n) is 14.0. The average molecular weight is 294 g/mol. The van der Waals surface area contributed by atoms with Gasteiger partial charge in [-0.1, -0.05) is 70.3 Å². The molecule has 0 amide bonds. The Morgan fingerprint density at radius 1 is 0.905 bits per heavy atom. The molecule has 0 spiro atoms. The number of hydrogen-bond acceptors (Lipinski definition) is 1. The highest BCUT2D eigenvalue weighted by atomic mass is 16.4. The predicted octanol–water partition coefficient (Wildman–Crippen LogP) is 6.13. The molecular weight excluding hydrogens is 260 g/mol. The van der Waals surface area contributed by atoms with Gasteiger partial charge >= 0.3 is 5.97 Å². The lowest BCUT2D eigenvalue weighted by molar-refractivity contribution is -0.141. The van der Waals surface area contributed by atoms with E-state index in [2.05, 4.69) is 31.2 Å². The quantitative estimate of drug-likeness (QED) is 0.309. The Hall–Kier alpha value is -1.05. The Balaban J connectivity index is 3.27. The first-order chi connectivity index (χ1) is 10.2. The molecule has 0 aromatic heterocycles. The van der Waals surface area contributed by atoms with Crippen LogP contribution in [-0.2, 0) is 4.79 Å². The highest BCUT2D eigenvalue weighted by Crippen LogP contribution is 2.11. The van der Waals surface area contributed by atoms with E-state index in [0.29, 0.717) is 0 Å². The Morgan fingerprint density at radius 2 is 1.48 bits per heavy atom. The third-order valence-electron chi connectivity index (χ3n) is 3.76. The molecule has 0 saturated carbocycles. The summed E-state index contributed by atoms with van der Waals surface area (Å²) in [5, 5.41) is 8.77. The molecule has 2 nitrogen and oxygen atoms in total. The molecule has 0 aromatic rings. The topological polar surface area (TPSA) is 37.3 Å². The number of carboxylic acids is 1. The molecule has 2 heteroatoms. The summed E-state index contributed by atoms with van der Waals surface area (Å²) in [4.78, 5) is 10.6. The van der Waals surface area contributed by atoms with E-state index in [1.54, 1.807) is 6.92 Å². The number of unbranched alkanes of at least 4 members (excludes halogenated alkanes) is 7. The van der Waals surface area contributed by atoms with Crippen LogP contribution in [0.1, 0.15) is 84.5 Å². The summed E-state index contributed by atoms with van der Waals surface area (Å²) in [5.41, 5.74) is 0. The fourth-order valence-corrected chi connectivity index (χ4v) is 2.21. The maximum Gasteiger partial charge on any atom is 0.306 e. The molecule has 0 fully saturated rings. The van der Waals surface area contributed by atoms with Gasteiger partial charge in [0.1, 0.15) is 0 Å². The molecule has 0 aliphatic carbocycles. The summed E-state index contributed by atoms with van der Waals surface area (Å²) >= 11 is 0. The number of carbonyl (C=O) groups is 1. The average Bonchev–Trinajstić information content (AvgIpc) is 2.47. The molecule has 0 aliphatic rings. The second kappa shape index (κ2) is 15.3. The standard InChI is InChI=1S/C19H34O2/c1-3-4-5-6-7-8-9-10-11-12-13-14-15-16-17-18(2)19(20)21/h7-8,10-11,18H,3-6,9,12-17H2,1-2H3,(H,20,21)/b8-7-,11-10-. The summed E-state index contributed by atoms with van der Waals surface area (Å²) in [6.07, 6.45) is 21.9. The van der Waals surface area contributed by atoms with Gasteiger partial charge in [-0.2, -0.15) is 0 Å². The van der Waals surface area contributed by atoms with Gasteiger partial charge in [-0.15, -0.1) is 0 Å². The largest absolute Gasteiger partial charge is 0.481 e. The molecule has 1 atom stereocenters. The van der Waals surface area contributed by atoms with Crippen LogP contribution in [0.5, 0.6) is 0 Å². The third kappa shape index (κ3) is 15.2. The number of rotatable bonds is 14. The SMILES string of the molecule is CCCCC/C=C\C/C=C\CCCCCCC(C)C(=O)O. The minimum Gasteiger partial charge on any atom is -0.481 e. The first-order valence-corrected chi connectivity index (χ1v) is 8.71. The highest BCUT2D eigenvalue weighted by Gasteiger charge is 2.09. The van der Waals surface area contributed by atoms with Crippen molar-refractivity contribution in [3.05, 3.63) is 24.3 Å². The molecule has 1 N–H and O–H groups in total. The molecule has 0 radical (unpaired) electrons. The van der Waals surface area contributed by atoms with Crippen LogP contribution in [0.15, 0.2) is 24.3 Å². The Bertz CT molecular complexity index is 292. The minimum absolute atomic E-state index is 0.186. The third-order valence-corrected chi connectivity index (χ3v) is 3.76. The Kier molecular flexibility index (Phi) is 14.6. The van der Waals surface area contributed by atoms with E-state index in [1.165, 1.54) is 38.5 Å². The van der Waals surface area contributed by atoms with Gasteiger partial charge < -0.3 is 5.11 Å². The maximum atomic E-state index is 10.6. The first-order valence-electron chi connectivity index (χ1n) is 8.71. The van der Waals surface area contributed by atoms with Crippen molar-refractivity contribution in [3.63, 3.8) is 0 Å². The molecular formula is C19H34O2. The molecule has 21 heavy (non-hydrogen) atoms. The van der Waals surface area contributed by atoms with Crippen LogP contribution < -0.4 is 0 Å². The molecule has 0 saturated heterocycles. The summed E-state index contributed by atoms with van der Waals surface area (Å²) in [5.74, 6) is -0.852. The summed E-state index contributed by atoms with van der Waals surface area (Å²) < 4.78 is 0. The predicted molar refractivity (Wildman–Crippen MR) is 91.5 cm³/mol. The zero-order chi connectivity index (χ0) is 15.8. The lowest BCUT2D eigenvalue weighted by atomic mass is 10.0. The lowest BCUT2D eigenvalue weighted by Gasteiger charge is -2.04. The van der Waals surface area contributed by atoms with Crippen LogP contribution in [-0.4, -0.2) is 11.1 Å². The van der Waals surface area contributed by atoms with Crippen molar-refractivity contribution in [3.8, 4) is 0 Å². The van der Waals surface area contributed by atoms with Crippen molar-refractivity contribution >= 4 is 5.97 Å².